The quantitative estimate of drug-likeness (QED) is 0.459. The summed E-state index contributed by atoms with van der Waals surface area (Å²) in [4.78, 5) is 10.5. The van der Waals surface area contributed by atoms with E-state index in [1.165, 1.54) is 12.1 Å². The van der Waals surface area contributed by atoms with Crippen LogP contribution in [-0.4, -0.2) is 15.6 Å². The molecule has 1 heterocycles. The largest absolute Gasteiger partial charge is 0.269 e. The van der Waals surface area contributed by atoms with E-state index < -0.39 is 11.0 Å². The van der Waals surface area contributed by atoms with E-state index in [0.29, 0.717) is 12.0 Å². The summed E-state index contributed by atoms with van der Waals surface area (Å²) in [5.74, 6) is 0. The molecule has 0 aliphatic carbocycles. The van der Waals surface area contributed by atoms with Gasteiger partial charge in [-0.2, -0.15) is 10.4 Å². The lowest BCUT2D eigenvalue weighted by Gasteiger charge is -2.28. The Morgan fingerprint density at radius 2 is 1.62 bits per heavy atom. The maximum atomic E-state index is 11.0. The zero-order valence-electron chi connectivity index (χ0n) is 15.6. The van der Waals surface area contributed by atoms with Gasteiger partial charge in [0.25, 0.3) is 5.69 Å². The van der Waals surface area contributed by atoms with E-state index in [2.05, 4.69) is 6.07 Å². The highest BCUT2D eigenvalue weighted by atomic mass is 16.6. The summed E-state index contributed by atoms with van der Waals surface area (Å²) >= 11 is 0. The van der Waals surface area contributed by atoms with Crippen molar-refractivity contribution in [3.8, 4) is 6.07 Å². The van der Waals surface area contributed by atoms with E-state index in [4.69, 9.17) is 5.10 Å². The Kier molecular flexibility index (Phi) is 5.04. The van der Waals surface area contributed by atoms with Crippen molar-refractivity contribution in [2.75, 3.05) is 0 Å². The van der Waals surface area contributed by atoms with E-state index in [1.54, 1.807) is 12.1 Å². The molecule has 6 nitrogen and oxygen atoms in total. The third-order valence-corrected chi connectivity index (χ3v) is 5.04. The second-order valence-corrected chi connectivity index (χ2v) is 6.80. The number of non-ortho nitro benzene ring substituents is 1. The molecule has 0 radical (unpaired) electrons. The lowest BCUT2D eigenvalue weighted by Crippen LogP contribution is -2.24. The van der Waals surface area contributed by atoms with Gasteiger partial charge in [0, 0.05) is 18.6 Å². The molecule has 0 spiro atoms. The van der Waals surface area contributed by atoms with Gasteiger partial charge in [-0.05, 0) is 28.8 Å². The Hall–Kier alpha value is -3.98. The van der Waals surface area contributed by atoms with Crippen LogP contribution in [0.1, 0.15) is 35.2 Å². The summed E-state index contributed by atoms with van der Waals surface area (Å²) < 4.78 is 0. The molecule has 1 aliphatic rings. The van der Waals surface area contributed by atoms with E-state index in [0.717, 1.165) is 16.8 Å². The number of nitro groups is 1. The highest BCUT2D eigenvalue weighted by Crippen LogP contribution is 2.39. The van der Waals surface area contributed by atoms with Gasteiger partial charge < -0.3 is 0 Å². The van der Waals surface area contributed by atoms with E-state index >= 15 is 0 Å². The van der Waals surface area contributed by atoms with E-state index in [9.17, 15) is 15.4 Å². The highest BCUT2D eigenvalue weighted by molar-refractivity contribution is 6.01. The molecule has 0 bridgehead atoms. The lowest BCUT2D eigenvalue weighted by molar-refractivity contribution is -0.384. The van der Waals surface area contributed by atoms with Crippen molar-refractivity contribution < 1.29 is 4.92 Å². The lowest BCUT2D eigenvalue weighted by atomic mass is 9.97. The number of rotatable bonds is 5. The molecule has 0 N–H and O–H groups in total. The zero-order valence-corrected chi connectivity index (χ0v) is 15.6. The Morgan fingerprint density at radius 3 is 2.21 bits per heavy atom. The topological polar surface area (TPSA) is 82.5 Å². The smallest absolute Gasteiger partial charge is 0.267 e. The van der Waals surface area contributed by atoms with Crippen LogP contribution < -0.4 is 0 Å². The Balaban J connectivity index is 1.74. The third kappa shape index (κ3) is 3.71. The number of hydrazone groups is 1. The number of nitro benzene ring substituents is 1. The van der Waals surface area contributed by atoms with Crippen molar-refractivity contribution in [3.63, 3.8) is 0 Å². The molecular formula is C23H18N4O2. The van der Waals surface area contributed by atoms with Crippen molar-refractivity contribution in [1.82, 2.24) is 5.01 Å². The first-order chi connectivity index (χ1) is 14.2. The van der Waals surface area contributed by atoms with Gasteiger partial charge >= 0.3 is 0 Å². The van der Waals surface area contributed by atoms with Crippen LogP contribution in [0.25, 0.3) is 0 Å². The van der Waals surface area contributed by atoms with Crippen LogP contribution in [0.5, 0.6) is 0 Å². The first-order valence-corrected chi connectivity index (χ1v) is 9.27. The Morgan fingerprint density at radius 1 is 1.00 bits per heavy atom. The van der Waals surface area contributed by atoms with Crippen molar-refractivity contribution in [3.05, 3.63) is 112 Å². The molecule has 0 fully saturated rings. The van der Waals surface area contributed by atoms with Crippen LogP contribution in [0.4, 0.5) is 5.69 Å². The van der Waals surface area contributed by atoms with Gasteiger partial charge in [-0.3, -0.25) is 15.1 Å². The second kappa shape index (κ2) is 7.95. The number of hydrogen-bond acceptors (Lipinski definition) is 5. The molecule has 0 saturated carbocycles. The first-order valence-electron chi connectivity index (χ1n) is 9.27. The van der Waals surface area contributed by atoms with Gasteiger partial charge in [-0.1, -0.05) is 60.7 Å². The normalized spacial score (nSPS) is 16.7. The van der Waals surface area contributed by atoms with Gasteiger partial charge in [-0.15, -0.1) is 0 Å². The number of nitrogens with zero attached hydrogens (tertiary/aromatic N) is 4. The molecule has 6 heteroatoms. The van der Waals surface area contributed by atoms with Crippen LogP contribution >= 0.6 is 0 Å². The van der Waals surface area contributed by atoms with Crippen molar-refractivity contribution >= 4 is 11.4 Å². The molecule has 142 valence electrons. The third-order valence-electron chi connectivity index (χ3n) is 5.04. The molecule has 0 aromatic heterocycles. The Labute approximate surface area is 168 Å². The molecule has 0 amide bonds. The van der Waals surface area contributed by atoms with Crippen LogP contribution in [0.15, 0.2) is 90.0 Å². The predicted molar refractivity (Wildman–Crippen MR) is 110 cm³/mol. The summed E-state index contributed by atoms with van der Waals surface area (Å²) in [6.07, 6.45) is 0.680. The molecule has 1 aliphatic heterocycles. The summed E-state index contributed by atoms with van der Waals surface area (Å²) in [5, 5.41) is 27.5. The number of hydrogen-bond donors (Lipinski definition) is 0. The van der Waals surface area contributed by atoms with Crippen LogP contribution in [0.3, 0.4) is 0 Å². The number of benzene rings is 3. The molecule has 3 aromatic rings. The summed E-state index contributed by atoms with van der Waals surface area (Å²) in [6, 6.07) is 27.6. The maximum Gasteiger partial charge on any atom is 0.269 e. The van der Waals surface area contributed by atoms with Gasteiger partial charge in [0.1, 0.15) is 0 Å². The second-order valence-electron chi connectivity index (χ2n) is 6.80. The zero-order chi connectivity index (χ0) is 20.2. The highest BCUT2D eigenvalue weighted by Gasteiger charge is 2.34. The average molecular weight is 382 g/mol. The van der Waals surface area contributed by atoms with Crippen LogP contribution in [0, 0.1) is 21.4 Å². The molecule has 0 saturated heterocycles. The minimum atomic E-state index is -0.651. The van der Waals surface area contributed by atoms with Crippen LogP contribution in [0.2, 0.25) is 0 Å². The molecule has 0 unspecified atom stereocenters. The van der Waals surface area contributed by atoms with Crippen molar-refractivity contribution in [1.29, 1.82) is 5.26 Å². The van der Waals surface area contributed by atoms with Gasteiger partial charge in [0.05, 0.1) is 22.7 Å². The van der Waals surface area contributed by atoms with E-state index in [1.807, 2.05) is 65.7 Å². The fraction of sp³-hybridized carbons (Fsp3) is 0.130. The van der Waals surface area contributed by atoms with Gasteiger partial charge in [-0.25, -0.2) is 0 Å². The van der Waals surface area contributed by atoms with E-state index in [-0.39, 0.29) is 11.7 Å². The first kappa shape index (κ1) is 18.4. The van der Waals surface area contributed by atoms with Gasteiger partial charge in [0.15, 0.2) is 6.04 Å². The molecule has 4 rings (SSSR count). The average Bonchev–Trinajstić information content (AvgIpc) is 3.21. The predicted octanol–water partition coefficient (Wildman–Crippen LogP) is 5.01. The number of nitriles is 1. The maximum absolute atomic E-state index is 11.0. The van der Waals surface area contributed by atoms with Crippen LogP contribution in [-0.2, 0) is 0 Å². The fourth-order valence-electron chi connectivity index (χ4n) is 3.58. The molecule has 2 atom stereocenters. The fourth-order valence-corrected chi connectivity index (χ4v) is 3.58. The minimum Gasteiger partial charge on any atom is -0.267 e. The summed E-state index contributed by atoms with van der Waals surface area (Å²) in [5.41, 5.74) is 3.69. The van der Waals surface area contributed by atoms with Crippen molar-refractivity contribution in [2.24, 2.45) is 5.10 Å². The van der Waals surface area contributed by atoms with Gasteiger partial charge in [0.2, 0.25) is 0 Å². The Bertz CT molecular complexity index is 1070. The molecular weight excluding hydrogens is 364 g/mol. The molecule has 3 aromatic carbocycles. The minimum absolute atomic E-state index is 0.0000491. The summed E-state index contributed by atoms with van der Waals surface area (Å²) in [6.45, 7) is 0. The standard InChI is InChI=1S/C23H18N4O2/c24-16-23(19-11-13-20(14-12-19)27(28)29)26-22(18-9-5-2-6-10-18)15-21(25-26)17-7-3-1-4-8-17/h1-14,22-23H,15H2/t22-,23-/m1/s1. The monoisotopic (exact) mass is 382 g/mol. The van der Waals surface area contributed by atoms with Crippen molar-refractivity contribution in [2.45, 2.75) is 18.5 Å². The molecule has 29 heavy (non-hydrogen) atoms. The SMILES string of the molecule is N#C[C@H](c1ccc([N+](=O)[O-])cc1)N1N=C(c2ccccc2)C[C@@H]1c1ccccc1. The summed E-state index contributed by atoms with van der Waals surface area (Å²) in [7, 11) is 0.